The van der Waals surface area contributed by atoms with Gasteiger partial charge in [0.2, 0.25) is 5.78 Å². The van der Waals surface area contributed by atoms with E-state index >= 15 is 0 Å². The number of ketones is 2. The number of hydrogen-bond acceptors (Lipinski definition) is 6. The third-order valence-corrected chi connectivity index (χ3v) is 5.44. The van der Waals surface area contributed by atoms with Gasteiger partial charge in [-0.1, -0.05) is 0 Å². The lowest BCUT2D eigenvalue weighted by Crippen LogP contribution is -2.33. The SMILES string of the molecule is COc1ccc(C(=O)C2C(=O)C(=O)N(CCCN(C)C)C2c2ccncc2)c(C)c1. The van der Waals surface area contributed by atoms with Crippen molar-refractivity contribution in [1.29, 1.82) is 0 Å². The second-order valence-corrected chi connectivity index (χ2v) is 7.77. The standard InChI is InChI=1S/C23H27N3O4/c1-15-14-17(30-4)6-7-18(15)21(27)19-20(16-8-10-24-11-9-16)26(23(29)22(19)28)13-5-12-25(2)3/h6-11,14,19-20H,5,12-13H2,1-4H3. The Balaban J connectivity index is 1.99. The van der Waals surface area contributed by atoms with Gasteiger partial charge in [0.1, 0.15) is 11.7 Å². The van der Waals surface area contributed by atoms with Gasteiger partial charge in [0.25, 0.3) is 5.91 Å². The normalized spacial score (nSPS) is 18.9. The molecular weight excluding hydrogens is 382 g/mol. The summed E-state index contributed by atoms with van der Waals surface area (Å²) >= 11 is 0. The summed E-state index contributed by atoms with van der Waals surface area (Å²) in [6.07, 6.45) is 3.93. The molecule has 0 saturated carbocycles. The van der Waals surface area contributed by atoms with Crippen LogP contribution in [-0.4, -0.2) is 66.6 Å². The first-order valence-electron chi connectivity index (χ1n) is 9.93. The molecule has 30 heavy (non-hydrogen) atoms. The van der Waals surface area contributed by atoms with Crippen LogP contribution in [0.5, 0.6) is 5.75 Å². The topological polar surface area (TPSA) is 79.8 Å². The molecular formula is C23H27N3O4. The molecule has 0 aliphatic carbocycles. The zero-order valence-electron chi connectivity index (χ0n) is 17.8. The van der Waals surface area contributed by atoms with E-state index in [1.807, 2.05) is 19.0 Å². The molecule has 3 rings (SSSR count). The van der Waals surface area contributed by atoms with Gasteiger partial charge in [0, 0.05) is 24.5 Å². The van der Waals surface area contributed by atoms with Crippen molar-refractivity contribution in [2.24, 2.45) is 5.92 Å². The number of ether oxygens (including phenoxy) is 1. The number of amides is 1. The summed E-state index contributed by atoms with van der Waals surface area (Å²) in [7, 11) is 5.46. The monoisotopic (exact) mass is 409 g/mol. The van der Waals surface area contributed by atoms with Crippen LogP contribution >= 0.6 is 0 Å². The van der Waals surface area contributed by atoms with E-state index in [-0.39, 0.29) is 5.78 Å². The van der Waals surface area contributed by atoms with Gasteiger partial charge in [-0.15, -0.1) is 0 Å². The summed E-state index contributed by atoms with van der Waals surface area (Å²) in [5.41, 5.74) is 1.87. The number of carbonyl (C=O) groups excluding carboxylic acids is 3. The van der Waals surface area contributed by atoms with Crippen molar-refractivity contribution in [3.63, 3.8) is 0 Å². The van der Waals surface area contributed by atoms with Crippen LogP contribution in [0.25, 0.3) is 0 Å². The number of rotatable bonds is 8. The van der Waals surface area contributed by atoms with Gasteiger partial charge in [-0.05, 0) is 75.4 Å². The highest BCUT2D eigenvalue weighted by Crippen LogP contribution is 2.38. The van der Waals surface area contributed by atoms with E-state index in [1.165, 1.54) is 0 Å². The van der Waals surface area contributed by atoms with Crippen molar-refractivity contribution in [2.75, 3.05) is 34.3 Å². The summed E-state index contributed by atoms with van der Waals surface area (Å²) in [6, 6.07) is 7.99. The minimum Gasteiger partial charge on any atom is -0.497 e. The molecule has 2 aromatic rings. The number of benzene rings is 1. The molecule has 7 nitrogen and oxygen atoms in total. The average Bonchev–Trinajstić information content (AvgIpc) is 2.98. The van der Waals surface area contributed by atoms with Crippen LogP contribution < -0.4 is 4.74 Å². The number of carbonyl (C=O) groups is 3. The zero-order valence-corrected chi connectivity index (χ0v) is 17.8. The predicted molar refractivity (Wildman–Crippen MR) is 112 cm³/mol. The second-order valence-electron chi connectivity index (χ2n) is 7.77. The Morgan fingerprint density at radius 2 is 1.87 bits per heavy atom. The lowest BCUT2D eigenvalue weighted by molar-refractivity contribution is -0.140. The number of Topliss-reactive ketones (excluding diaryl/α,β-unsaturated/α-hetero) is 2. The first-order chi connectivity index (χ1) is 14.3. The summed E-state index contributed by atoms with van der Waals surface area (Å²) in [6.45, 7) is 2.98. The smallest absolute Gasteiger partial charge is 0.291 e. The summed E-state index contributed by atoms with van der Waals surface area (Å²) in [5.74, 6) is -2.03. The fraction of sp³-hybridized carbons (Fsp3) is 0.391. The number of hydrogen-bond donors (Lipinski definition) is 0. The quantitative estimate of drug-likeness (QED) is 0.378. The van der Waals surface area contributed by atoms with Crippen LogP contribution in [0.4, 0.5) is 0 Å². The van der Waals surface area contributed by atoms with Gasteiger partial charge in [-0.25, -0.2) is 0 Å². The Bertz CT molecular complexity index is 943. The van der Waals surface area contributed by atoms with Crippen LogP contribution in [0, 0.1) is 12.8 Å². The highest BCUT2D eigenvalue weighted by Gasteiger charge is 2.51. The molecule has 1 saturated heterocycles. The van der Waals surface area contributed by atoms with Crippen LogP contribution in [-0.2, 0) is 9.59 Å². The van der Waals surface area contributed by atoms with Gasteiger partial charge in [-0.2, -0.15) is 0 Å². The number of methoxy groups -OCH3 is 1. The van der Waals surface area contributed by atoms with Gasteiger partial charge < -0.3 is 14.5 Å². The first kappa shape index (κ1) is 21.6. The van der Waals surface area contributed by atoms with Crippen LogP contribution in [0.1, 0.15) is 33.9 Å². The maximum absolute atomic E-state index is 13.5. The number of nitrogens with zero attached hydrogens (tertiary/aromatic N) is 3. The maximum atomic E-state index is 13.5. The molecule has 0 N–H and O–H groups in total. The predicted octanol–water partition coefficient (Wildman–Crippen LogP) is 2.30. The molecule has 1 aromatic heterocycles. The molecule has 1 aliphatic rings. The van der Waals surface area contributed by atoms with E-state index in [0.29, 0.717) is 29.8 Å². The van der Waals surface area contributed by atoms with Crippen LogP contribution in [0.2, 0.25) is 0 Å². The second kappa shape index (κ2) is 9.17. The van der Waals surface area contributed by atoms with Crippen molar-refractivity contribution >= 4 is 17.5 Å². The van der Waals surface area contributed by atoms with Crippen LogP contribution in [0.3, 0.4) is 0 Å². The molecule has 2 heterocycles. The summed E-state index contributed by atoms with van der Waals surface area (Å²) in [4.78, 5) is 46.9. The fourth-order valence-corrected chi connectivity index (χ4v) is 3.92. The first-order valence-corrected chi connectivity index (χ1v) is 9.93. The van der Waals surface area contributed by atoms with Gasteiger partial charge in [0.05, 0.1) is 13.2 Å². The van der Waals surface area contributed by atoms with Gasteiger partial charge >= 0.3 is 0 Å². The van der Waals surface area contributed by atoms with Crippen molar-refractivity contribution < 1.29 is 19.1 Å². The minimum atomic E-state index is -1.08. The van der Waals surface area contributed by atoms with E-state index in [0.717, 1.165) is 12.1 Å². The highest BCUT2D eigenvalue weighted by atomic mass is 16.5. The number of pyridine rings is 1. The minimum absolute atomic E-state index is 0.342. The average molecular weight is 409 g/mol. The molecule has 0 spiro atoms. The highest BCUT2D eigenvalue weighted by molar-refractivity contribution is 6.44. The Morgan fingerprint density at radius 3 is 2.47 bits per heavy atom. The number of aryl methyl sites for hydroxylation is 1. The van der Waals surface area contributed by atoms with Gasteiger partial charge in [-0.3, -0.25) is 19.4 Å². The molecule has 1 amide bonds. The number of likely N-dealkylation sites (tertiary alicyclic amines) is 1. The summed E-state index contributed by atoms with van der Waals surface area (Å²) in [5, 5.41) is 0. The Morgan fingerprint density at radius 1 is 1.17 bits per heavy atom. The fourth-order valence-electron chi connectivity index (χ4n) is 3.92. The third-order valence-electron chi connectivity index (χ3n) is 5.44. The summed E-state index contributed by atoms with van der Waals surface area (Å²) < 4.78 is 5.21. The zero-order chi connectivity index (χ0) is 21.8. The Kier molecular flexibility index (Phi) is 6.62. The van der Waals surface area contributed by atoms with E-state index in [1.54, 1.807) is 61.7 Å². The molecule has 2 unspecified atom stereocenters. The number of aromatic nitrogens is 1. The molecule has 0 bridgehead atoms. The lowest BCUT2D eigenvalue weighted by atomic mass is 9.85. The third kappa shape index (κ3) is 4.26. The lowest BCUT2D eigenvalue weighted by Gasteiger charge is -2.27. The van der Waals surface area contributed by atoms with E-state index in [2.05, 4.69) is 4.98 Å². The van der Waals surface area contributed by atoms with Crippen molar-refractivity contribution in [1.82, 2.24) is 14.8 Å². The Labute approximate surface area is 176 Å². The van der Waals surface area contributed by atoms with E-state index in [4.69, 9.17) is 4.74 Å². The van der Waals surface area contributed by atoms with Gasteiger partial charge in [0.15, 0.2) is 5.78 Å². The van der Waals surface area contributed by atoms with Crippen molar-refractivity contribution in [3.8, 4) is 5.75 Å². The maximum Gasteiger partial charge on any atom is 0.291 e. The van der Waals surface area contributed by atoms with Crippen LogP contribution in [0.15, 0.2) is 42.7 Å². The van der Waals surface area contributed by atoms with Crippen molar-refractivity contribution in [3.05, 3.63) is 59.4 Å². The van der Waals surface area contributed by atoms with E-state index < -0.39 is 23.7 Å². The molecule has 1 fully saturated rings. The Hall–Kier alpha value is -3.06. The molecule has 7 heteroatoms. The molecule has 1 aliphatic heterocycles. The molecule has 2 atom stereocenters. The largest absolute Gasteiger partial charge is 0.497 e. The van der Waals surface area contributed by atoms with E-state index in [9.17, 15) is 14.4 Å². The molecule has 1 aromatic carbocycles. The molecule has 0 radical (unpaired) electrons. The molecule has 158 valence electrons. The van der Waals surface area contributed by atoms with Crippen molar-refractivity contribution in [2.45, 2.75) is 19.4 Å².